The molecule has 0 N–H and O–H groups in total. The van der Waals surface area contributed by atoms with Gasteiger partial charge in [0.15, 0.2) is 11.5 Å². The Hall–Kier alpha value is -1.80. The number of aliphatic imine (C=N–C) groups is 1. The van der Waals surface area contributed by atoms with Crippen molar-refractivity contribution in [2.24, 2.45) is 4.99 Å². The lowest BCUT2D eigenvalue weighted by Gasteiger charge is -2.38. The first-order valence-electron chi connectivity index (χ1n) is 7.32. The highest BCUT2D eigenvalue weighted by molar-refractivity contribution is 5.55. The number of hydrogen-bond acceptors (Lipinski definition) is 4. The quantitative estimate of drug-likeness (QED) is 0.628. The van der Waals surface area contributed by atoms with Gasteiger partial charge in [-0.1, -0.05) is 13.0 Å². The molecule has 1 aromatic carbocycles. The van der Waals surface area contributed by atoms with E-state index in [4.69, 9.17) is 9.47 Å². The van der Waals surface area contributed by atoms with Gasteiger partial charge < -0.3 is 9.47 Å². The van der Waals surface area contributed by atoms with E-state index < -0.39 is 0 Å². The molecule has 1 aromatic rings. The van der Waals surface area contributed by atoms with E-state index in [1.807, 2.05) is 12.1 Å². The summed E-state index contributed by atoms with van der Waals surface area (Å²) >= 11 is 0. The molecule has 0 unspecified atom stereocenters. The van der Waals surface area contributed by atoms with Gasteiger partial charge in [-0.25, -0.2) is 4.79 Å². The first-order chi connectivity index (χ1) is 9.80. The molecule has 0 spiro atoms. The minimum absolute atomic E-state index is 0.377. The number of isocyanates is 1. The van der Waals surface area contributed by atoms with Gasteiger partial charge in [-0.2, -0.15) is 4.99 Å². The second kappa shape index (κ2) is 5.29. The molecule has 0 amide bonds. The van der Waals surface area contributed by atoms with Gasteiger partial charge in [-0.05, 0) is 37.3 Å². The van der Waals surface area contributed by atoms with Crippen LogP contribution in [0.1, 0.15) is 43.7 Å². The van der Waals surface area contributed by atoms with Crippen LogP contribution in [0.2, 0.25) is 0 Å². The maximum absolute atomic E-state index is 10.8. The van der Waals surface area contributed by atoms with E-state index >= 15 is 0 Å². The Labute approximate surface area is 118 Å². The second-order valence-electron chi connectivity index (χ2n) is 5.41. The van der Waals surface area contributed by atoms with Crippen molar-refractivity contribution in [2.75, 3.05) is 13.2 Å². The van der Waals surface area contributed by atoms with E-state index in [0.29, 0.717) is 13.2 Å². The fourth-order valence-electron chi connectivity index (χ4n) is 3.12. The summed E-state index contributed by atoms with van der Waals surface area (Å²) in [5.74, 6) is 1.66. The highest BCUT2D eigenvalue weighted by Gasteiger charge is 2.41. The Morgan fingerprint density at radius 2 is 2.05 bits per heavy atom. The Kier molecular flexibility index (Phi) is 3.49. The first kappa shape index (κ1) is 13.2. The number of benzene rings is 1. The second-order valence-corrected chi connectivity index (χ2v) is 5.41. The molecule has 1 aliphatic carbocycles. The van der Waals surface area contributed by atoms with E-state index in [1.165, 1.54) is 0 Å². The smallest absolute Gasteiger partial charge is 0.235 e. The van der Waals surface area contributed by atoms with Crippen LogP contribution < -0.4 is 9.47 Å². The maximum Gasteiger partial charge on any atom is 0.235 e. The molecule has 2 aliphatic rings. The molecule has 106 valence electrons. The molecule has 0 atom stereocenters. The summed E-state index contributed by atoms with van der Waals surface area (Å²) in [7, 11) is 0. The molecular weight excluding hydrogens is 254 g/mol. The van der Waals surface area contributed by atoms with Gasteiger partial charge in [0, 0.05) is 12.0 Å². The minimum Gasteiger partial charge on any atom is -0.490 e. The zero-order valence-electron chi connectivity index (χ0n) is 11.8. The van der Waals surface area contributed by atoms with E-state index in [9.17, 15) is 4.79 Å². The number of nitrogens with zero attached hydrogens (tertiary/aromatic N) is 1. The highest BCUT2D eigenvalue weighted by Crippen LogP contribution is 2.49. The van der Waals surface area contributed by atoms with Crippen LogP contribution in [-0.4, -0.2) is 19.3 Å². The topological polar surface area (TPSA) is 47.9 Å². The van der Waals surface area contributed by atoms with Crippen molar-refractivity contribution >= 4 is 6.08 Å². The van der Waals surface area contributed by atoms with Crippen LogP contribution in [-0.2, 0) is 16.8 Å². The predicted octanol–water partition coefficient (Wildman–Crippen LogP) is 3.13. The van der Waals surface area contributed by atoms with Crippen molar-refractivity contribution in [3.63, 3.8) is 0 Å². The molecule has 3 rings (SSSR count). The standard InChI is InChI=1S/C16H19NO3/c1-2-12-13(16(17-11-18)7-3-8-16)5-6-14-15(12)20-10-4-9-19-14/h5-6H,2-4,7-10H2,1H3. The van der Waals surface area contributed by atoms with Gasteiger partial charge in [0.1, 0.15) is 0 Å². The summed E-state index contributed by atoms with van der Waals surface area (Å²) in [5, 5.41) is 0. The van der Waals surface area contributed by atoms with E-state index in [0.717, 1.165) is 54.7 Å². The Balaban J connectivity index is 2.12. The third-order valence-corrected chi connectivity index (χ3v) is 4.31. The van der Waals surface area contributed by atoms with Gasteiger partial charge in [0.2, 0.25) is 6.08 Å². The van der Waals surface area contributed by atoms with E-state index in [1.54, 1.807) is 6.08 Å². The molecule has 1 fully saturated rings. The Morgan fingerprint density at radius 3 is 2.70 bits per heavy atom. The lowest BCUT2D eigenvalue weighted by molar-refractivity contribution is 0.251. The number of rotatable bonds is 3. The van der Waals surface area contributed by atoms with Crippen molar-refractivity contribution in [1.29, 1.82) is 0 Å². The fraction of sp³-hybridized carbons (Fsp3) is 0.562. The van der Waals surface area contributed by atoms with E-state index in [-0.39, 0.29) is 5.54 Å². The maximum atomic E-state index is 10.8. The van der Waals surface area contributed by atoms with Crippen LogP contribution in [0.25, 0.3) is 0 Å². The third kappa shape index (κ3) is 2.01. The first-order valence-corrected chi connectivity index (χ1v) is 7.32. The van der Waals surface area contributed by atoms with Crippen molar-refractivity contribution in [1.82, 2.24) is 0 Å². The summed E-state index contributed by atoms with van der Waals surface area (Å²) in [4.78, 5) is 14.9. The van der Waals surface area contributed by atoms with Crippen LogP contribution in [0, 0.1) is 0 Å². The molecule has 1 saturated carbocycles. The summed E-state index contributed by atoms with van der Waals surface area (Å²) in [6.07, 6.45) is 6.42. The molecule has 1 heterocycles. The summed E-state index contributed by atoms with van der Waals surface area (Å²) in [6.45, 7) is 3.46. The number of hydrogen-bond donors (Lipinski definition) is 0. The van der Waals surface area contributed by atoms with Crippen LogP contribution in [0.3, 0.4) is 0 Å². The Bertz CT molecular complexity index is 557. The summed E-state index contributed by atoms with van der Waals surface area (Å²) in [5.41, 5.74) is 1.86. The van der Waals surface area contributed by atoms with Gasteiger partial charge in [0.05, 0.1) is 18.8 Å². The third-order valence-electron chi connectivity index (χ3n) is 4.31. The molecule has 0 radical (unpaired) electrons. The van der Waals surface area contributed by atoms with Gasteiger partial charge in [-0.3, -0.25) is 0 Å². The van der Waals surface area contributed by atoms with Gasteiger partial charge in [-0.15, -0.1) is 0 Å². The molecule has 4 heteroatoms. The fourth-order valence-corrected chi connectivity index (χ4v) is 3.12. The van der Waals surface area contributed by atoms with Crippen LogP contribution in [0.5, 0.6) is 11.5 Å². The van der Waals surface area contributed by atoms with Crippen molar-refractivity contribution in [3.05, 3.63) is 23.3 Å². The zero-order valence-corrected chi connectivity index (χ0v) is 11.8. The average molecular weight is 273 g/mol. The van der Waals surface area contributed by atoms with Crippen LogP contribution in [0.15, 0.2) is 17.1 Å². The number of carbonyl (C=O) groups excluding carboxylic acids is 1. The molecule has 0 bridgehead atoms. The lowest BCUT2D eigenvalue weighted by Crippen LogP contribution is -2.33. The molecule has 0 saturated heterocycles. The van der Waals surface area contributed by atoms with Crippen molar-refractivity contribution in [3.8, 4) is 11.5 Å². The number of fused-ring (bicyclic) bond motifs is 1. The largest absolute Gasteiger partial charge is 0.490 e. The SMILES string of the molecule is CCc1c(C2(N=C=O)CCC2)ccc2c1OCCCO2. The van der Waals surface area contributed by atoms with Gasteiger partial charge >= 0.3 is 0 Å². The molecule has 20 heavy (non-hydrogen) atoms. The monoisotopic (exact) mass is 273 g/mol. The molecule has 0 aromatic heterocycles. The average Bonchev–Trinajstić information content (AvgIpc) is 2.67. The van der Waals surface area contributed by atoms with E-state index in [2.05, 4.69) is 11.9 Å². The molecule has 4 nitrogen and oxygen atoms in total. The summed E-state index contributed by atoms with van der Waals surface area (Å²) in [6, 6.07) is 4.00. The van der Waals surface area contributed by atoms with Gasteiger partial charge in [0.25, 0.3) is 0 Å². The normalized spacial score (nSPS) is 19.4. The van der Waals surface area contributed by atoms with Crippen molar-refractivity contribution in [2.45, 2.75) is 44.6 Å². The molecular formula is C16H19NO3. The van der Waals surface area contributed by atoms with Crippen LogP contribution >= 0.6 is 0 Å². The number of ether oxygens (including phenoxy) is 2. The highest BCUT2D eigenvalue weighted by atomic mass is 16.5. The summed E-state index contributed by atoms with van der Waals surface area (Å²) < 4.78 is 11.6. The predicted molar refractivity (Wildman–Crippen MR) is 75.1 cm³/mol. The molecule has 1 aliphatic heterocycles. The van der Waals surface area contributed by atoms with Crippen LogP contribution in [0.4, 0.5) is 0 Å². The zero-order chi connectivity index (χ0) is 14.0. The Morgan fingerprint density at radius 1 is 1.25 bits per heavy atom. The van der Waals surface area contributed by atoms with Crippen molar-refractivity contribution < 1.29 is 14.3 Å². The lowest BCUT2D eigenvalue weighted by atomic mass is 9.70. The minimum atomic E-state index is -0.377.